The van der Waals surface area contributed by atoms with E-state index in [0.717, 1.165) is 38.5 Å². The van der Waals surface area contributed by atoms with Crippen LogP contribution in [0.2, 0.25) is 0 Å². The molecule has 6 nitrogen and oxygen atoms in total. The van der Waals surface area contributed by atoms with Gasteiger partial charge in [-0.1, -0.05) is 19.3 Å². The van der Waals surface area contributed by atoms with E-state index in [4.69, 9.17) is 9.29 Å². The second-order valence-corrected chi connectivity index (χ2v) is 8.47. The summed E-state index contributed by atoms with van der Waals surface area (Å²) >= 11 is 0. The van der Waals surface area contributed by atoms with Crippen LogP contribution in [0.5, 0.6) is 0 Å². The Balaban J connectivity index is 2.44. The normalized spacial score (nSPS) is 16.5. The monoisotopic (exact) mass is 363 g/mol. The molecule has 0 spiro atoms. The molecular weight excluding hydrogens is 330 g/mol. The Labute approximate surface area is 146 Å². The third-order valence-corrected chi connectivity index (χ3v) is 5.18. The van der Waals surface area contributed by atoms with Crippen LogP contribution in [-0.2, 0) is 19.6 Å². The molecule has 0 aliphatic heterocycles. The molecule has 0 heterocycles. The average molecular weight is 364 g/mol. The first-order valence-electron chi connectivity index (χ1n) is 9.16. The lowest BCUT2D eigenvalue weighted by molar-refractivity contribution is -0.134. The van der Waals surface area contributed by atoms with Gasteiger partial charge in [-0.25, -0.2) is 0 Å². The fraction of sp³-hybridized carbons (Fsp3) is 0.941. The molecule has 1 amide bonds. The SMILES string of the molecule is CC(C)OCCCCC(=O)N(CCCS(=O)(=O)O)C1CCCCC1. The Morgan fingerprint density at radius 1 is 1.17 bits per heavy atom. The molecule has 0 aromatic carbocycles. The van der Waals surface area contributed by atoms with E-state index in [9.17, 15) is 13.2 Å². The van der Waals surface area contributed by atoms with Gasteiger partial charge in [-0.15, -0.1) is 0 Å². The summed E-state index contributed by atoms with van der Waals surface area (Å²) in [5.74, 6) is -0.187. The van der Waals surface area contributed by atoms with E-state index < -0.39 is 10.1 Å². The maximum absolute atomic E-state index is 12.6. The van der Waals surface area contributed by atoms with E-state index in [1.807, 2.05) is 18.7 Å². The van der Waals surface area contributed by atoms with Gasteiger partial charge >= 0.3 is 0 Å². The number of unbranched alkanes of at least 4 members (excludes halogenated alkanes) is 1. The number of amides is 1. The molecule has 0 bridgehead atoms. The van der Waals surface area contributed by atoms with Crippen molar-refractivity contribution in [2.75, 3.05) is 18.9 Å². The van der Waals surface area contributed by atoms with Crippen molar-refractivity contribution in [2.24, 2.45) is 0 Å². The number of hydrogen-bond donors (Lipinski definition) is 1. The molecule has 0 radical (unpaired) electrons. The number of carbonyl (C=O) groups is 1. The predicted octanol–water partition coefficient (Wildman–Crippen LogP) is 3.02. The molecule has 24 heavy (non-hydrogen) atoms. The van der Waals surface area contributed by atoms with Gasteiger partial charge in [0, 0.05) is 25.6 Å². The van der Waals surface area contributed by atoms with Crippen molar-refractivity contribution in [3.8, 4) is 0 Å². The van der Waals surface area contributed by atoms with Crippen LogP contribution in [0.25, 0.3) is 0 Å². The van der Waals surface area contributed by atoms with Crippen molar-refractivity contribution in [3.05, 3.63) is 0 Å². The molecule has 1 saturated carbocycles. The third kappa shape index (κ3) is 9.59. The highest BCUT2D eigenvalue weighted by Gasteiger charge is 2.25. The molecule has 7 heteroatoms. The maximum atomic E-state index is 12.6. The molecule has 0 unspecified atom stereocenters. The van der Waals surface area contributed by atoms with Crippen LogP contribution in [-0.4, -0.2) is 54.8 Å². The molecule has 0 aromatic rings. The summed E-state index contributed by atoms with van der Waals surface area (Å²) in [5.41, 5.74) is 0. The van der Waals surface area contributed by atoms with E-state index in [2.05, 4.69) is 0 Å². The minimum Gasteiger partial charge on any atom is -0.379 e. The molecule has 0 aromatic heterocycles. The second kappa shape index (κ2) is 11.1. The smallest absolute Gasteiger partial charge is 0.264 e. The molecule has 142 valence electrons. The van der Waals surface area contributed by atoms with E-state index in [-0.39, 0.29) is 30.2 Å². The molecule has 0 saturated heterocycles. The van der Waals surface area contributed by atoms with Gasteiger partial charge in [-0.3, -0.25) is 9.35 Å². The summed E-state index contributed by atoms with van der Waals surface area (Å²) in [6.07, 6.45) is 8.05. The lowest BCUT2D eigenvalue weighted by Crippen LogP contribution is -2.42. The summed E-state index contributed by atoms with van der Waals surface area (Å²) < 4.78 is 36.2. The van der Waals surface area contributed by atoms with Crippen molar-refractivity contribution < 1.29 is 22.5 Å². The van der Waals surface area contributed by atoms with Gasteiger partial charge in [0.1, 0.15) is 0 Å². The minimum atomic E-state index is -3.96. The van der Waals surface area contributed by atoms with Crippen LogP contribution in [0.1, 0.15) is 71.6 Å². The van der Waals surface area contributed by atoms with Crippen molar-refractivity contribution in [3.63, 3.8) is 0 Å². The molecule has 1 aliphatic carbocycles. The maximum Gasteiger partial charge on any atom is 0.264 e. The fourth-order valence-corrected chi connectivity index (χ4v) is 3.66. The van der Waals surface area contributed by atoms with Crippen molar-refractivity contribution in [1.29, 1.82) is 0 Å². The van der Waals surface area contributed by atoms with Crippen LogP contribution in [0.4, 0.5) is 0 Å². The molecule has 1 aliphatic rings. The van der Waals surface area contributed by atoms with Gasteiger partial charge in [0.2, 0.25) is 5.91 Å². The third-order valence-electron chi connectivity index (χ3n) is 4.37. The van der Waals surface area contributed by atoms with Crippen molar-refractivity contribution >= 4 is 16.0 Å². The summed E-state index contributed by atoms with van der Waals surface area (Å²) in [4.78, 5) is 14.4. The van der Waals surface area contributed by atoms with Crippen LogP contribution >= 0.6 is 0 Å². The number of nitrogens with zero attached hydrogens (tertiary/aromatic N) is 1. The Kier molecular flexibility index (Phi) is 9.85. The van der Waals surface area contributed by atoms with E-state index >= 15 is 0 Å². The Morgan fingerprint density at radius 2 is 1.83 bits per heavy atom. The Morgan fingerprint density at radius 3 is 2.42 bits per heavy atom. The quantitative estimate of drug-likeness (QED) is 0.450. The zero-order chi connectivity index (χ0) is 18.0. The highest BCUT2D eigenvalue weighted by atomic mass is 32.2. The first-order chi connectivity index (χ1) is 11.3. The molecule has 1 rings (SSSR count). The molecule has 1 N–H and O–H groups in total. The number of carbonyl (C=O) groups excluding carboxylic acids is 1. The summed E-state index contributed by atoms with van der Waals surface area (Å²) in [7, 11) is -3.96. The average Bonchev–Trinajstić information content (AvgIpc) is 2.50. The predicted molar refractivity (Wildman–Crippen MR) is 94.6 cm³/mol. The summed E-state index contributed by atoms with van der Waals surface area (Å²) in [6, 6.07) is 0.222. The number of ether oxygens (including phenoxy) is 1. The van der Waals surface area contributed by atoms with E-state index in [1.54, 1.807) is 0 Å². The number of rotatable bonds is 11. The van der Waals surface area contributed by atoms with Gasteiger partial charge in [0.05, 0.1) is 11.9 Å². The molecule has 1 fully saturated rings. The van der Waals surface area contributed by atoms with E-state index in [1.165, 1.54) is 6.42 Å². The van der Waals surface area contributed by atoms with Gasteiger partial charge in [0.15, 0.2) is 0 Å². The number of hydrogen-bond acceptors (Lipinski definition) is 4. The molecular formula is C17H33NO5S. The fourth-order valence-electron chi connectivity index (χ4n) is 3.16. The van der Waals surface area contributed by atoms with Crippen LogP contribution in [0.3, 0.4) is 0 Å². The minimum absolute atomic E-state index is 0.0989. The Hall–Kier alpha value is -0.660. The zero-order valence-electron chi connectivity index (χ0n) is 15.1. The van der Waals surface area contributed by atoms with Crippen LogP contribution in [0.15, 0.2) is 0 Å². The van der Waals surface area contributed by atoms with Gasteiger partial charge in [-0.2, -0.15) is 8.42 Å². The van der Waals surface area contributed by atoms with Crippen LogP contribution in [0, 0.1) is 0 Å². The Bertz CT molecular complexity index is 458. The van der Waals surface area contributed by atoms with E-state index in [0.29, 0.717) is 19.6 Å². The highest BCUT2D eigenvalue weighted by Crippen LogP contribution is 2.24. The summed E-state index contributed by atoms with van der Waals surface area (Å²) in [6.45, 7) is 5.05. The largest absolute Gasteiger partial charge is 0.379 e. The van der Waals surface area contributed by atoms with Gasteiger partial charge in [0.25, 0.3) is 10.1 Å². The van der Waals surface area contributed by atoms with Crippen molar-refractivity contribution in [2.45, 2.75) is 83.8 Å². The van der Waals surface area contributed by atoms with Crippen LogP contribution < -0.4 is 0 Å². The van der Waals surface area contributed by atoms with Gasteiger partial charge in [-0.05, 0) is 46.0 Å². The highest BCUT2D eigenvalue weighted by molar-refractivity contribution is 7.85. The van der Waals surface area contributed by atoms with Gasteiger partial charge < -0.3 is 9.64 Å². The lowest BCUT2D eigenvalue weighted by Gasteiger charge is -2.34. The second-order valence-electron chi connectivity index (χ2n) is 6.90. The zero-order valence-corrected chi connectivity index (χ0v) is 15.9. The first-order valence-corrected chi connectivity index (χ1v) is 10.8. The van der Waals surface area contributed by atoms with Crippen molar-refractivity contribution in [1.82, 2.24) is 4.90 Å². The lowest BCUT2D eigenvalue weighted by atomic mass is 9.93. The summed E-state index contributed by atoms with van der Waals surface area (Å²) in [5, 5.41) is 0. The standard InChI is InChI=1S/C17H33NO5S/c1-15(2)23-13-7-6-11-17(19)18(12-8-14-24(20,21)22)16-9-4-3-5-10-16/h15-16H,3-14H2,1-2H3,(H,20,21,22). The molecule has 0 atom stereocenters. The first kappa shape index (κ1) is 21.4. The topological polar surface area (TPSA) is 83.9 Å².